The lowest BCUT2D eigenvalue weighted by molar-refractivity contribution is 0.415. The molecule has 0 saturated carbocycles. The van der Waals surface area contributed by atoms with Crippen LogP contribution in [-0.2, 0) is 6.54 Å². The van der Waals surface area contributed by atoms with Gasteiger partial charge in [0.15, 0.2) is 0 Å². The van der Waals surface area contributed by atoms with Crippen LogP contribution >= 0.6 is 11.6 Å². The molecule has 0 aliphatic rings. The minimum Gasteiger partial charge on any atom is -0.497 e. The van der Waals surface area contributed by atoms with E-state index in [0.29, 0.717) is 11.6 Å². The molecule has 0 radical (unpaired) electrons. The highest BCUT2D eigenvalue weighted by molar-refractivity contribution is 6.30. The van der Waals surface area contributed by atoms with Gasteiger partial charge in [0, 0.05) is 11.8 Å². The molecule has 4 aromatic rings. The second kappa shape index (κ2) is 6.53. The van der Waals surface area contributed by atoms with Crippen LogP contribution in [0.15, 0.2) is 65.4 Å². The van der Waals surface area contributed by atoms with Crippen LogP contribution < -0.4 is 10.1 Å². The first-order valence-corrected chi connectivity index (χ1v) is 8.20. The Morgan fingerprint density at radius 3 is 2.72 bits per heavy atom. The Morgan fingerprint density at radius 1 is 1.16 bits per heavy atom. The predicted octanol–water partition coefficient (Wildman–Crippen LogP) is 4.87. The van der Waals surface area contributed by atoms with Gasteiger partial charge in [-0.3, -0.25) is 4.40 Å². The van der Waals surface area contributed by atoms with Gasteiger partial charge in [0.2, 0.25) is 0 Å². The Bertz CT molecular complexity index is 992. The zero-order valence-corrected chi connectivity index (χ0v) is 14.3. The summed E-state index contributed by atoms with van der Waals surface area (Å²) in [5.41, 5.74) is 2.65. The summed E-state index contributed by atoms with van der Waals surface area (Å²) in [5.74, 6) is 2.51. The second-order valence-electron chi connectivity index (χ2n) is 5.55. The molecule has 1 N–H and O–H groups in total. The van der Waals surface area contributed by atoms with Gasteiger partial charge in [-0.1, -0.05) is 11.6 Å². The van der Waals surface area contributed by atoms with Gasteiger partial charge in [0.1, 0.15) is 28.7 Å². The highest BCUT2D eigenvalue weighted by Crippen LogP contribution is 2.31. The van der Waals surface area contributed by atoms with E-state index in [1.165, 1.54) is 0 Å². The molecule has 0 amide bonds. The summed E-state index contributed by atoms with van der Waals surface area (Å²) in [6.07, 6.45) is 3.51. The van der Waals surface area contributed by atoms with Crippen LogP contribution in [0.2, 0.25) is 5.02 Å². The molecule has 0 unspecified atom stereocenters. The van der Waals surface area contributed by atoms with Crippen molar-refractivity contribution in [2.75, 3.05) is 12.4 Å². The number of methoxy groups -OCH3 is 1. The van der Waals surface area contributed by atoms with E-state index in [1.54, 1.807) is 13.4 Å². The number of imidazole rings is 1. The Hall–Kier alpha value is -2.92. The number of halogens is 1. The number of benzene rings is 1. The Kier molecular flexibility index (Phi) is 4.07. The Morgan fingerprint density at radius 2 is 2.00 bits per heavy atom. The predicted molar refractivity (Wildman–Crippen MR) is 98.2 cm³/mol. The van der Waals surface area contributed by atoms with Crippen molar-refractivity contribution >= 4 is 23.1 Å². The zero-order valence-electron chi connectivity index (χ0n) is 13.6. The van der Waals surface area contributed by atoms with E-state index >= 15 is 0 Å². The summed E-state index contributed by atoms with van der Waals surface area (Å²) in [4.78, 5) is 4.75. The summed E-state index contributed by atoms with van der Waals surface area (Å²) < 4.78 is 12.6. The number of pyridine rings is 1. The standard InChI is InChI=1S/C19H16ClN3O2/c1-24-15-7-4-13(5-8-15)18-19(21-11-16-3-2-10-25-16)23-12-14(20)6-9-17(23)22-18/h2-10,12,21H,11H2,1H3. The van der Waals surface area contributed by atoms with Crippen molar-refractivity contribution in [2.24, 2.45) is 0 Å². The number of hydrogen-bond acceptors (Lipinski definition) is 4. The summed E-state index contributed by atoms with van der Waals surface area (Å²) in [6.45, 7) is 0.552. The summed E-state index contributed by atoms with van der Waals surface area (Å²) in [5, 5.41) is 4.06. The topological polar surface area (TPSA) is 51.7 Å². The fraction of sp³-hybridized carbons (Fsp3) is 0.105. The van der Waals surface area contributed by atoms with Crippen molar-refractivity contribution in [3.63, 3.8) is 0 Å². The number of furan rings is 1. The van der Waals surface area contributed by atoms with Crippen LogP contribution in [0.1, 0.15) is 5.76 Å². The SMILES string of the molecule is COc1ccc(-c2nc3ccc(Cl)cn3c2NCc2ccco2)cc1. The van der Waals surface area contributed by atoms with Gasteiger partial charge in [-0.2, -0.15) is 0 Å². The molecule has 4 rings (SSSR count). The van der Waals surface area contributed by atoms with Crippen LogP contribution in [-0.4, -0.2) is 16.5 Å². The normalized spacial score (nSPS) is 11.0. The van der Waals surface area contributed by atoms with Gasteiger partial charge in [0.05, 0.1) is 24.9 Å². The summed E-state index contributed by atoms with van der Waals surface area (Å²) in [6, 6.07) is 15.3. The maximum Gasteiger partial charge on any atom is 0.139 e. The minimum absolute atomic E-state index is 0.552. The molecular formula is C19H16ClN3O2. The first-order chi connectivity index (χ1) is 12.2. The van der Waals surface area contributed by atoms with Gasteiger partial charge in [-0.25, -0.2) is 4.98 Å². The van der Waals surface area contributed by atoms with Gasteiger partial charge >= 0.3 is 0 Å². The summed E-state index contributed by atoms with van der Waals surface area (Å²) >= 11 is 6.17. The van der Waals surface area contributed by atoms with Crippen LogP contribution in [0.25, 0.3) is 16.9 Å². The van der Waals surface area contributed by atoms with Crippen LogP contribution in [0.3, 0.4) is 0 Å². The Labute approximate surface area is 149 Å². The number of nitrogens with zero attached hydrogens (tertiary/aromatic N) is 2. The van der Waals surface area contributed by atoms with Crippen LogP contribution in [0.5, 0.6) is 5.75 Å². The molecule has 0 bridgehead atoms. The number of aromatic nitrogens is 2. The maximum atomic E-state index is 6.17. The fourth-order valence-electron chi connectivity index (χ4n) is 2.72. The molecule has 0 fully saturated rings. The number of anilines is 1. The molecule has 0 saturated heterocycles. The lowest BCUT2D eigenvalue weighted by Crippen LogP contribution is -2.02. The third-order valence-electron chi connectivity index (χ3n) is 3.96. The van der Waals surface area contributed by atoms with Crippen molar-refractivity contribution < 1.29 is 9.15 Å². The highest BCUT2D eigenvalue weighted by atomic mass is 35.5. The third kappa shape index (κ3) is 3.06. The van der Waals surface area contributed by atoms with E-state index in [4.69, 9.17) is 25.7 Å². The lowest BCUT2D eigenvalue weighted by atomic mass is 10.1. The van der Waals surface area contributed by atoms with Crippen molar-refractivity contribution in [1.29, 1.82) is 0 Å². The average Bonchev–Trinajstić information content (AvgIpc) is 3.27. The smallest absolute Gasteiger partial charge is 0.139 e. The first kappa shape index (κ1) is 15.6. The van der Waals surface area contributed by atoms with Gasteiger partial charge in [0.25, 0.3) is 0 Å². The molecule has 3 aromatic heterocycles. The number of fused-ring (bicyclic) bond motifs is 1. The lowest BCUT2D eigenvalue weighted by Gasteiger charge is -2.08. The summed E-state index contributed by atoms with van der Waals surface area (Å²) in [7, 11) is 1.65. The van der Waals surface area contributed by atoms with Gasteiger partial charge in [-0.05, 0) is 48.5 Å². The molecule has 0 aliphatic heterocycles. The maximum absolute atomic E-state index is 6.17. The van der Waals surface area contributed by atoms with E-state index < -0.39 is 0 Å². The quantitative estimate of drug-likeness (QED) is 0.556. The average molecular weight is 354 g/mol. The highest BCUT2D eigenvalue weighted by Gasteiger charge is 2.15. The Balaban J connectivity index is 1.79. The zero-order chi connectivity index (χ0) is 17.2. The molecule has 25 heavy (non-hydrogen) atoms. The van der Waals surface area contributed by atoms with E-state index in [1.807, 2.05) is 59.1 Å². The molecule has 0 atom stereocenters. The number of rotatable bonds is 5. The molecular weight excluding hydrogens is 338 g/mol. The van der Waals surface area contributed by atoms with Gasteiger partial charge in [-0.15, -0.1) is 0 Å². The molecule has 0 spiro atoms. The number of hydrogen-bond donors (Lipinski definition) is 1. The van der Waals surface area contributed by atoms with E-state index in [9.17, 15) is 0 Å². The molecule has 1 aromatic carbocycles. The molecule has 6 heteroatoms. The largest absolute Gasteiger partial charge is 0.497 e. The molecule has 5 nitrogen and oxygen atoms in total. The minimum atomic E-state index is 0.552. The van der Waals surface area contributed by atoms with E-state index in [-0.39, 0.29) is 0 Å². The van der Waals surface area contributed by atoms with Crippen molar-refractivity contribution in [3.05, 3.63) is 71.8 Å². The van der Waals surface area contributed by atoms with E-state index in [2.05, 4.69) is 5.32 Å². The van der Waals surface area contributed by atoms with Crippen LogP contribution in [0, 0.1) is 0 Å². The molecule has 126 valence electrons. The molecule has 3 heterocycles. The van der Waals surface area contributed by atoms with Crippen molar-refractivity contribution in [3.8, 4) is 17.0 Å². The first-order valence-electron chi connectivity index (χ1n) is 7.83. The van der Waals surface area contributed by atoms with Crippen molar-refractivity contribution in [2.45, 2.75) is 6.54 Å². The van der Waals surface area contributed by atoms with Crippen LogP contribution in [0.4, 0.5) is 5.82 Å². The number of nitrogens with one attached hydrogen (secondary N) is 1. The van der Waals surface area contributed by atoms with Gasteiger partial charge < -0.3 is 14.5 Å². The second-order valence-corrected chi connectivity index (χ2v) is 5.98. The van der Waals surface area contributed by atoms with Crippen molar-refractivity contribution in [1.82, 2.24) is 9.38 Å². The monoisotopic (exact) mass is 353 g/mol. The fourth-order valence-corrected chi connectivity index (χ4v) is 2.88. The van der Waals surface area contributed by atoms with E-state index in [0.717, 1.165) is 34.2 Å². The third-order valence-corrected chi connectivity index (χ3v) is 4.18. The number of ether oxygens (including phenoxy) is 1. The molecule has 0 aliphatic carbocycles.